The summed E-state index contributed by atoms with van der Waals surface area (Å²) in [6, 6.07) is 11.8. The zero-order valence-corrected chi connectivity index (χ0v) is 32.3. The fourth-order valence-corrected chi connectivity index (χ4v) is 4.26. The summed E-state index contributed by atoms with van der Waals surface area (Å²) in [6.07, 6.45) is 0.240. The van der Waals surface area contributed by atoms with Gasteiger partial charge >= 0.3 is 30.0 Å². The highest BCUT2D eigenvalue weighted by atomic mass is 16.6. The number of carbonyl (C=O) groups excluding carboxylic acids is 2. The van der Waals surface area contributed by atoms with Crippen molar-refractivity contribution in [2.24, 2.45) is 23.5 Å². The lowest BCUT2D eigenvalue weighted by atomic mass is 10.0. The van der Waals surface area contributed by atoms with Gasteiger partial charge in [0.15, 0.2) is 0 Å². The molecule has 0 heterocycles. The number of carboxylic acid groups (broad SMARTS) is 3. The maximum Gasteiger partial charge on any atom is 0.408 e. The molecule has 51 heavy (non-hydrogen) atoms. The van der Waals surface area contributed by atoms with Crippen molar-refractivity contribution in [3.63, 3.8) is 0 Å². The molecule has 0 aromatic heterocycles. The monoisotopic (exact) mass is 722 g/mol. The van der Waals surface area contributed by atoms with Gasteiger partial charge in [0.2, 0.25) is 0 Å². The highest BCUT2D eigenvalue weighted by molar-refractivity contribution is 5.87. The molecule has 0 saturated carbocycles. The maximum absolute atomic E-state index is 11.4. The third-order valence-corrected chi connectivity index (χ3v) is 6.67. The van der Waals surface area contributed by atoms with E-state index in [9.17, 15) is 24.0 Å². The average Bonchev–Trinajstić information content (AvgIpc) is 2.99. The van der Waals surface area contributed by atoms with Crippen LogP contribution in [0.25, 0.3) is 10.8 Å². The molecule has 14 nitrogen and oxygen atoms in total. The minimum atomic E-state index is -1.04. The van der Waals surface area contributed by atoms with Crippen molar-refractivity contribution in [1.82, 2.24) is 10.6 Å². The zero-order valence-electron chi connectivity index (χ0n) is 32.3. The lowest BCUT2D eigenvalue weighted by Crippen LogP contribution is -2.44. The first-order chi connectivity index (χ1) is 23.4. The van der Waals surface area contributed by atoms with Crippen LogP contribution in [0.5, 0.6) is 0 Å². The molecule has 4 unspecified atom stereocenters. The number of hydrogen-bond acceptors (Lipinski definition) is 10. The van der Waals surface area contributed by atoms with Gasteiger partial charge in [0.05, 0.1) is 7.11 Å². The first-order valence-corrected chi connectivity index (χ1v) is 16.9. The predicted octanol–water partition coefficient (Wildman–Crippen LogP) is 5.58. The zero-order chi connectivity index (χ0) is 40.1. The molecule has 1 amide bonds. The molecule has 2 aromatic rings. The van der Waals surface area contributed by atoms with Crippen LogP contribution < -0.4 is 21.7 Å². The number of hydrogen-bond donors (Lipinski definition) is 7. The summed E-state index contributed by atoms with van der Waals surface area (Å²) in [4.78, 5) is 53.9. The molecule has 8 N–H and O–H groups in total. The molecule has 0 saturated heterocycles. The van der Waals surface area contributed by atoms with E-state index >= 15 is 0 Å². The molecule has 14 heteroatoms. The Hall–Kier alpha value is -4.43. The second kappa shape index (κ2) is 24.7. The van der Waals surface area contributed by atoms with Crippen LogP contribution in [0.15, 0.2) is 42.5 Å². The Morgan fingerprint density at radius 1 is 0.784 bits per heavy atom. The van der Waals surface area contributed by atoms with Gasteiger partial charge in [-0.25, -0.2) is 14.4 Å². The summed E-state index contributed by atoms with van der Waals surface area (Å²) in [5.74, 6) is -2.31. The van der Waals surface area contributed by atoms with E-state index in [0.717, 1.165) is 11.1 Å². The quantitative estimate of drug-likeness (QED) is 0.125. The van der Waals surface area contributed by atoms with Crippen LogP contribution in [0, 0.1) is 17.8 Å². The molecule has 0 aliphatic heterocycles. The number of nitrogens with two attached hydrogens (primary N) is 1. The number of anilines is 1. The summed E-state index contributed by atoms with van der Waals surface area (Å²) in [5, 5.41) is 36.2. The van der Waals surface area contributed by atoms with E-state index in [1.165, 1.54) is 12.5 Å². The Morgan fingerprint density at radius 2 is 1.31 bits per heavy atom. The molecular formula is C37H62N4O10. The molecule has 0 aliphatic carbocycles. The lowest BCUT2D eigenvalue weighted by molar-refractivity contribution is -0.141. The molecule has 290 valence electrons. The van der Waals surface area contributed by atoms with Gasteiger partial charge in [0.1, 0.15) is 29.8 Å². The molecule has 0 spiro atoms. The van der Waals surface area contributed by atoms with Gasteiger partial charge in [-0.05, 0) is 88.2 Å². The van der Waals surface area contributed by atoms with Gasteiger partial charge in [-0.15, -0.1) is 0 Å². The van der Waals surface area contributed by atoms with Crippen LogP contribution in [0.4, 0.5) is 10.5 Å². The Balaban J connectivity index is 0. The fraction of sp³-hybridized carbons (Fsp3) is 0.595. The number of carbonyl (C=O) groups is 5. The minimum absolute atomic E-state index is 0.146. The van der Waals surface area contributed by atoms with E-state index in [1.54, 1.807) is 34.7 Å². The van der Waals surface area contributed by atoms with Gasteiger partial charge in [-0.2, -0.15) is 0 Å². The smallest absolute Gasteiger partial charge is 0.408 e. The van der Waals surface area contributed by atoms with E-state index in [4.69, 9.17) is 25.8 Å². The number of alkyl carbamates (subject to hydrolysis) is 1. The van der Waals surface area contributed by atoms with Crippen molar-refractivity contribution in [1.29, 1.82) is 0 Å². The predicted molar refractivity (Wildman–Crippen MR) is 200 cm³/mol. The first kappa shape index (κ1) is 48.7. The van der Waals surface area contributed by atoms with Crippen LogP contribution in [0.2, 0.25) is 0 Å². The first-order valence-electron chi connectivity index (χ1n) is 16.9. The Morgan fingerprint density at radius 3 is 1.67 bits per heavy atom. The molecule has 0 radical (unpaired) electrons. The third-order valence-electron chi connectivity index (χ3n) is 6.67. The SMILES string of the molecule is CC(C)CC(N)C(=O)O.CC(C)CC(NC(=O)OC(C)(C)C)C(=O)O.CNC(C(=O)O)C(C)C.COC(=O)C(C)Nc1ccc2ccccc2c1. The van der Waals surface area contributed by atoms with Crippen molar-refractivity contribution in [3.8, 4) is 0 Å². The van der Waals surface area contributed by atoms with Gasteiger partial charge in [0.25, 0.3) is 0 Å². The lowest BCUT2D eigenvalue weighted by Gasteiger charge is -2.22. The molecule has 0 fully saturated rings. The normalized spacial score (nSPS) is 13.1. The topological polar surface area (TPSA) is 227 Å². The maximum atomic E-state index is 11.4. The molecule has 0 bridgehead atoms. The van der Waals surface area contributed by atoms with E-state index in [2.05, 4.69) is 26.8 Å². The average molecular weight is 723 g/mol. The highest BCUT2D eigenvalue weighted by Crippen LogP contribution is 2.19. The number of aliphatic carboxylic acids is 3. The Kier molecular flexibility index (Phi) is 23.6. The number of esters is 1. The van der Waals surface area contributed by atoms with Crippen LogP contribution in [0.1, 0.15) is 82.1 Å². The Labute approximate surface area is 302 Å². The van der Waals surface area contributed by atoms with Crippen molar-refractivity contribution in [2.75, 3.05) is 19.5 Å². The number of methoxy groups -OCH3 is 1. The van der Waals surface area contributed by atoms with E-state index in [0.29, 0.717) is 18.8 Å². The van der Waals surface area contributed by atoms with E-state index < -0.39 is 47.7 Å². The van der Waals surface area contributed by atoms with E-state index in [1.807, 2.05) is 77.9 Å². The summed E-state index contributed by atoms with van der Waals surface area (Å²) < 4.78 is 9.66. The number of likely N-dealkylation sites (N-methyl/N-ethyl adjacent to an activating group) is 1. The second-order valence-electron chi connectivity index (χ2n) is 14.0. The van der Waals surface area contributed by atoms with E-state index in [-0.39, 0.29) is 23.8 Å². The second-order valence-corrected chi connectivity index (χ2v) is 14.0. The number of fused-ring (bicyclic) bond motifs is 1. The summed E-state index contributed by atoms with van der Waals surface area (Å²) in [7, 11) is 3.04. The molecule has 0 aliphatic rings. The van der Waals surface area contributed by atoms with Gasteiger partial charge in [-0.3, -0.25) is 9.59 Å². The molecule has 2 aromatic carbocycles. The summed E-state index contributed by atoms with van der Waals surface area (Å²) in [6.45, 7) is 18.4. The van der Waals surface area contributed by atoms with Crippen molar-refractivity contribution >= 4 is 46.4 Å². The van der Waals surface area contributed by atoms with Crippen LogP contribution >= 0.6 is 0 Å². The summed E-state index contributed by atoms with van der Waals surface area (Å²) in [5.41, 5.74) is 5.52. The molecule has 4 atom stereocenters. The van der Waals surface area contributed by atoms with Crippen molar-refractivity contribution in [3.05, 3.63) is 42.5 Å². The van der Waals surface area contributed by atoms with Crippen molar-refractivity contribution in [2.45, 2.75) is 112 Å². The Bertz CT molecular complexity index is 1360. The molecule has 2 rings (SSSR count). The number of ether oxygens (including phenoxy) is 2. The largest absolute Gasteiger partial charge is 0.480 e. The molecular weight excluding hydrogens is 660 g/mol. The van der Waals surface area contributed by atoms with Crippen LogP contribution in [-0.2, 0) is 28.7 Å². The fourth-order valence-electron chi connectivity index (χ4n) is 4.26. The van der Waals surface area contributed by atoms with Crippen LogP contribution in [0.3, 0.4) is 0 Å². The standard InChI is InChI=1S/C14H15NO2.C11H21NO4.2C6H13NO2/c1-10(14(16)17-2)15-13-8-7-11-5-3-4-6-12(11)9-13;1-7(2)6-8(9(13)14)12-10(15)16-11(3,4)5;1-4(2)5(7-3)6(8)9;1-4(2)3-5(7)6(8)9/h3-10,15H,1-2H3;7-8H,6H2,1-5H3,(H,12,15)(H,13,14);4-5,7H,1-3H3,(H,8,9);4-5H,3,7H2,1-2H3,(H,8,9). The van der Waals surface area contributed by atoms with Gasteiger partial charge < -0.3 is 46.5 Å². The number of carboxylic acids is 3. The van der Waals surface area contributed by atoms with Gasteiger partial charge in [-0.1, -0.05) is 71.9 Å². The highest BCUT2D eigenvalue weighted by Gasteiger charge is 2.24. The number of benzene rings is 2. The number of nitrogens with one attached hydrogen (secondary N) is 3. The summed E-state index contributed by atoms with van der Waals surface area (Å²) >= 11 is 0. The van der Waals surface area contributed by atoms with Crippen LogP contribution in [-0.4, -0.2) is 89.2 Å². The van der Waals surface area contributed by atoms with Crippen molar-refractivity contribution < 1.29 is 48.8 Å². The minimum Gasteiger partial charge on any atom is -0.480 e. The third kappa shape index (κ3) is 23.6. The number of amides is 1. The van der Waals surface area contributed by atoms with Gasteiger partial charge in [0, 0.05) is 5.69 Å². The number of rotatable bonds is 13.